The van der Waals surface area contributed by atoms with Crippen molar-refractivity contribution >= 4 is 28.3 Å². The second-order valence-electron chi connectivity index (χ2n) is 9.28. The number of pyridine rings is 1. The first-order chi connectivity index (χ1) is 16.7. The molecule has 7 nitrogen and oxygen atoms in total. The van der Waals surface area contributed by atoms with Crippen LogP contribution in [0, 0.1) is 17.7 Å². The fourth-order valence-electron chi connectivity index (χ4n) is 5.59. The summed E-state index contributed by atoms with van der Waals surface area (Å²) in [6, 6.07) is 4.38. The van der Waals surface area contributed by atoms with E-state index in [0.29, 0.717) is 23.3 Å². The largest absolute Gasteiger partial charge is 0.417 e. The van der Waals surface area contributed by atoms with Crippen molar-refractivity contribution in [2.24, 2.45) is 11.8 Å². The topological polar surface area (TPSA) is 89.4 Å². The molecule has 1 aliphatic heterocycles. The number of anilines is 1. The minimum absolute atomic E-state index is 0.0484. The van der Waals surface area contributed by atoms with Gasteiger partial charge < -0.3 is 10.6 Å². The number of likely N-dealkylation sites (tertiary alicyclic amines) is 1. The molecule has 3 unspecified atom stereocenters. The van der Waals surface area contributed by atoms with E-state index in [1.165, 1.54) is 30.7 Å². The molecular formula is C24H20F4N6O. The standard InChI is InChI=1S/C24H20F4N6O/c25-16-7-18-19(34-11-30-9-20(34)22(29)32-18)6-15(16)23(35)33-10-12-1-2-13(5-12)21(33)17-4-3-14(8-31-17)24(26,27)28/h3-4,6-9,11-13,21H,1-2,5,10H2,(H2,29,32). The number of hydrogen-bond donors (Lipinski definition) is 1. The third kappa shape index (κ3) is 3.48. The number of alkyl halides is 3. The Hall–Kier alpha value is -3.76. The molecule has 4 aromatic rings. The Balaban J connectivity index is 1.43. The zero-order valence-corrected chi connectivity index (χ0v) is 18.3. The summed E-state index contributed by atoms with van der Waals surface area (Å²) in [5.74, 6) is -0.773. The molecule has 11 heteroatoms. The summed E-state index contributed by atoms with van der Waals surface area (Å²) in [6.07, 6.45) is 1.93. The van der Waals surface area contributed by atoms with E-state index in [1.54, 1.807) is 9.30 Å². The summed E-state index contributed by atoms with van der Waals surface area (Å²) in [6.45, 7) is 0.390. The van der Waals surface area contributed by atoms with Crippen LogP contribution in [0.1, 0.15) is 46.9 Å². The van der Waals surface area contributed by atoms with E-state index < -0.39 is 29.5 Å². The molecule has 2 bridgehead atoms. The summed E-state index contributed by atoms with van der Waals surface area (Å²) in [7, 11) is 0. The molecule has 0 spiro atoms. The van der Waals surface area contributed by atoms with E-state index in [0.717, 1.165) is 31.5 Å². The van der Waals surface area contributed by atoms with Gasteiger partial charge in [0.15, 0.2) is 0 Å². The van der Waals surface area contributed by atoms with Gasteiger partial charge in [-0.05, 0) is 49.3 Å². The van der Waals surface area contributed by atoms with Crippen LogP contribution in [0.5, 0.6) is 0 Å². The van der Waals surface area contributed by atoms with Crippen molar-refractivity contribution in [3.8, 4) is 0 Å². The van der Waals surface area contributed by atoms with Crippen LogP contribution in [0.25, 0.3) is 16.6 Å². The Kier molecular flexibility index (Phi) is 4.74. The maximum Gasteiger partial charge on any atom is 0.417 e. The number of nitrogen functional groups attached to an aromatic ring is 1. The lowest BCUT2D eigenvalue weighted by Crippen LogP contribution is -2.44. The van der Waals surface area contributed by atoms with Crippen molar-refractivity contribution in [2.75, 3.05) is 12.3 Å². The van der Waals surface area contributed by atoms with E-state index in [2.05, 4.69) is 15.0 Å². The van der Waals surface area contributed by atoms with Crippen molar-refractivity contribution < 1.29 is 22.4 Å². The molecule has 1 saturated heterocycles. The zero-order chi connectivity index (χ0) is 24.5. The van der Waals surface area contributed by atoms with Gasteiger partial charge in [-0.1, -0.05) is 0 Å². The van der Waals surface area contributed by atoms with Gasteiger partial charge >= 0.3 is 6.18 Å². The Morgan fingerprint density at radius 3 is 2.69 bits per heavy atom. The summed E-state index contributed by atoms with van der Waals surface area (Å²) in [4.78, 5) is 27.7. The first kappa shape index (κ1) is 21.8. The molecule has 1 aliphatic carbocycles. The molecule has 3 atom stereocenters. The van der Waals surface area contributed by atoms with Gasteiger partial charge in [-0.25, -0.2) is 14.4 Å². The molecule has 2 N–H and O–H groups in total. The number of aromatic nitrogens is 4. The zero-order valence-electron chi connectivity index (χ0n) is 18.3. The SMILES string of the molecule is Nc1nc2cc(F)c(C(=O)N3CC4CCC(C4)C3c3ccc(C(F)(F)F)cn3)cc2n2cncc12. The number of nitrogens with two attached hydrogens (primary N) is 1. The highest BCUT2D eigenvalue weighted by Crippen LogP contribution is 2.47. The lowest BCUT2D eigenvalue weighted by molar-refractivity contribution is -0.137. The van der Waals surface area contributed by atoms with E-state index in [4.69, 9.17) is 5.73 Å². The monoisotopic (exact) mass is 484 g/mol. The molecule has 1 aromatic carbocycles. The van der Waals surface area contributed by atoms with E-state index >= 15 is 4.39 Å². The van der Waals surface area contributed by atoms with Crippen LogP contribution in [0.2, 0.25) is 0 Å². The Bertz CT molecular complexity index is 1470. The van der Waals surface area contributed by atoms with Gasteiger partial charge in [0.05, 0.1) is 46.4 Å². The van der Waals surface area contributed by atoms with Gasteiger partial charge in [0.2, 0.25) is 0 Å². The Morgan fingerprint density at radius 1 is 1.11 bits per heavy atom. The first-order valence-electron chi connectivity index (χ1n) is 11.3. The molecule has 180 valence electrons. The predicted octanol–water partition coefficient (Wildman–Crippen LogP) is 4.63. The van der Waals surface area contributed by atoms with Gasteiger partial charge in [0.1, 0.15) is 17.2 Å². The van der Waals surface area contributed by atoms with E-state index in [9.17, 15) is 18.0 Å². The fourth-order valence-corrected chi connectivity index (χ4v) is 5.59. The van der Waals surface area contributed by atoms with Crippen LogP contribution >= 0.6 is 0 Å². The fraction of sp³-hybridized carbons (Fsp3) is 0.333. The van der Waals surface area contributed by atoms with E-state index in [1.807, 2.05) is 0 Å². The van der Waals surface area contributed by atoms with Gasteiger partial charge in [0.25, 0.3) is 5.91 Å². The normalized spacial score (nSPS) is 22.3. The van der Waals surface area contributed by atoms with Crippen molar-refractivity contribution in [3.05, 3.63) is 65.6 Å². The van der Waals surface area contributed by atoms with Crippen LogP contribution in [0.4, 0.5) is 23.4 Å². The number of carbonyl (C=O) groups is 1. The smallest absolute Gasteiger partial charge is 0.382 e. The number of amides is 1. The highest BCUT2D eigenvalue weighted by molar-refractivity contribution is 5.98. The summed E-state index contributed by atoms with van der Waals surface area (Å²) in [5.41, 5.74) is 6.61. The van der Waals surface area contributed by atoms with E-state index in [-0.39, 0.29) is 28.7 Å². The molecule has 35 heavy (non-hydrogen) atoms. The number of benzene rings is 1. The average Bonchev–Trinajstić information content (AvgIpc) is 3.46. The first-order valence-corrected chi connectivity index (χ1v) is 11.3. The summed E-state index contributed by atoms with van der Waals surface area (Å²) in [5, 5.41) is 0. The van der Waals surface area contributed by atoms with Gasteiger partial charge in [-0.2, -0.15) is 13.2 Å². The molecule has 1 saturated carbocycles. The third-order valence-corrected chi connectivity index (χ3v) is 7.19. The molecule has 6 rings (SSSR count). The molecule has 2 aliphatic rings. The number of piperidine rings is 1. The molecule has 0 radical (unpaired) electrons. The minimum Gasteiger partial charge on any atom is -0.382 e. The lowest BCUT2D eigenvalue weighted by Gasteiger charge is -2.40. The van der Waals surface area contributed by atoms with Crippen molar-refractivity contribution in [1.29, 1.82) is 0 Å². The van der Waals surface area contributed by atoms with Gasteiger partial charge in [-0.3, -0.25) is 14.2 Å². The number of nitrogens with zero attached hydrogens (tertiary/aromatic N) is 5. The highest BCUT2D eigenvalue weighted by Gasteiger charge is 2.44. The van der Waals surface area contributed by atoms with Crippen LogP contribution in [-0.4, -0.2) is 36.7 Å². The number of rotatable bonds is 2. The number of carbonyl (C=O) groups excluding carboxylic acids is 1. The van der Waals surface area contributed by atoms with Gasteiger partial charge in [-0.15, -0.1) is 0 Å². The van der Waals surface area contributed by atoms with Crippen LogP contribution in [-0.2, 0) is 6.18 Å². The van der Waals surface area contributed by atoms with Crippen LogP contribution in [0.3, 0.4) is 0 Å². The second-order valence-corrected chi connectivity index (χ2v) is 9.28. The van der Waals surface area contributed by atoms with Crippen molar-refractivity contribution in [2.45, 2.75) is 31.5 Å². The lowest BCUT2D eigenvalue weighted by atomic mass is 9.87. The number of imidazole rings is 1. The van der Waals surface area contributed by atoms with Crippen LogP contribution < -0.4 is 5.73 Å². The number of fused-ring (bicyclic) bond motifs is 5. The maximum absolute atomic E-state index is 15.2. The summed E-state index contributed by atoms with van der Waals surface area (Å²) < 4.78 is 56.0. The second kappa shape index (κ2) is 7.62. The summed E-state index contributed by atoms with van der Waals surface area (Å²) >= 11 is 0. The van der Waals surface area contributed by atoms with Gasteiger partial charge in [0, 0.05) is 18.8 Å². The van der Waals surface area contributed by atoms with Crippen molar-refractivity contribution in [1.82, 2.24) is 24.3 Å². The quantitative estimate of drug-likeness (QED) is 0.419. The molecule has 1 amide bonds. The Morgan fingerprint density at radius 2 is 1.94 bits per heavy atom. The molecular weight excluding hydrogens is 464 g/mol. The van der Waals surface area contributed by atoms with Crippen LogP contribution in [0.15, 0.2) is 43.0 Å². The average molecular weight is 484 g/mol. The molecule has 4 heterocycles. The molecule has 2 fully saturated rings. The van der Waals surface area contributed by atoms with Crippen molar-refractivity contribution in [3.63, 3.8) is 0 Å². The third-order valence-electron chi connectivity index (χ3n) is 7.19. The number of halogens is 4. The maximum atomic E-state index is 15.2. The highest BCUT2D eigenvalue weighted by atomic mass is 19.4. The Labute approximate surface area is 196 Å². The predicted molar refractivity (Wildman–Crippen MR) is 119 cm³/mol. The molecule has 3 aromatic heterocycles. The number of hydrogen-bond acceptors (Lipinski definition) is 5. The minimum atomic E-state index is -4.50.